The highest BCUT2D eigenvalue weighted by Gasteiger charge is 2.64. The highest BCUT2D eigenvalue weighted by atomic mass is 35.5. The number of rotatable bonds is 7. The molecule has 2 fully saturated rings. The lowest BCUT2D eigenvalue weighted by Gasteiger charge is -2.42. The Kier molecular flexibility index (Phi) is 12.0. The van der Waals surface area contributed by atoms with E-state index in [-0.39, 0.29) is 30.2 Å². The number of alkyl carbamates (subject to hydrolysis) is 1. The number of aliphatic hydroxyl groups is 1. The maximum absolute atomic E-state index is 14.0. The van der Waals surface area contributed by atoms with Crippen LogP contribution in [-0.2, 0) is 33.3 Å². The van der Waals surface area contributed by atoms with E-state index in [9.17, 15) is 24.3 Å². The fourth-order valence-corrected chi connectivity index (χ4v) is 6.76. The fourth-order valence-electron chi connectivity index (χ4n) is 6.26. The predicted molar refractivity (Wildman–Crippen MR) is 186 cm³/mol. The van der Waals surface area contributed by atoms with Crippen molar-refractivity contribution in [3.8, 4) is 5.75 Å². The topological polar surface area (TPSA) is 156 Å². The van der Waals surface area contributed by atoms with Crippen LogP contribution in [0.15, 0.2) is 30.4 Å². The molecule has 0 saturated carbocycles. The number of anilines is 1. The van der Waals surface area contributed by atoms with E-state index < -0.39 is 65.7 Å². The standard InChI is InChI=1S/C34H46ClN3O10S/c1-18-10-9-11-25(45-8)34(43)17-24(46-32(42)36-34)19(2)30-33(4,48-30)26(47-31(41)20(3)37(5)27(39)12-13-49)16-28(40)38(6)22-14-21(18)15-23(44-7)29(22)35/h9-11,14-15,19-20,24-26,30,43,49H,12-13,16-17H2,1-8H3,(H,36,42)/b11-9+,18-10?. The van der Waals surface area contributed by atoms with E-state index in [1.54, 1.807) is 51.3 Å². The lowest BCUT2D eigenvalue weighted by molar-refractivity contribution is -0.161. The second kappa shape index (κ2) is 15.3. The molecule has 0 radical (unpaired) electrons. The summed E-state index contributed by atoms with van der Waals surface area (Å²) in [5.74, 6) is -1.36. The Labute approximate surface area is 297 Å². The minimum Gasteiger partial charge on any atom is -0.495 e. The number of methoxy groups -OCH3 is 2. The first-order valence-electron chi connectivity index (χ1n) is 16.0. The summed E-state index contributed by atoms with van der Waals surface area (Å²) >= 11 is 10.8. The largest absolute Gasteiger partial charge is 0.495 e. The third-order valence-electron chi connectivity index (χ3n) is 9.73. The number of allylic oxidation sites excluding steroid dienone is 3. The number of likely N-dealkylation sites (N-methyl/N-ethyl adjacent to an activating group) is 1. The average Bonchev–Trinajstić information content (AvgIpc) is 3.76. The molecule has 8 atom stereocenters. The fraction of sp³-hybridized carbons (Fsp3) is 0.588. The summed E-state index contributed by atoms with van der Waals surface area (Å²) in [6.07, 6.45) is 0.442. The zero-order chi connectivity index (χ0) is 36.4. The van der Waals surface area contributed by atoms with Gasteiger partial charge in [0.25, 0.3) is 0 Å². The molecule has 3 heterocycles. The molecule has 2 N–H and O–H groups in total. The highest BCUT2D eigenvalue weighted by Crippen LogP contribution is 2.49. The molecule has 0 aliphatic carbocycles. The van der Waals surface area contributed by atoms with Crippen molar-refractivity contribution in [3.63, 3.8) is 0 Å². The number of hydrogen-bond acceptors (Lipinski definition) is 11. The summed E-state index contributed by atoms with van der Waals surface area (Å²) in [6, 6.07) is 2.49. The summed E-state index contributed by atoms with van der Waals surface area (Å²) < 4.78 is 29.0. The van der Waals surface area contributed by atoms with Gasteiger partial charge in [0.05, 0.1) is 25.3 Å². The van der Waals surface area contributed by atoms with Crippen molar-refractivity contribution < 1.29 is 48.0 Å². The second-order valence-corrected chi connectivity index (χ2v) is 13.7. The van der Waals surface area contributed by atoms with Gasteiger partial charge in [0.1, 0.15) is 40.7 Å². The zero-order valence-corrected chi connectivity index (χ0v) is 30.7. The van der Waals surface area contributed by atoms with Crippen molar-refractivity contribution in [2.75, 3.05) is 39.0 Å². The highest BCUT2D eigenvalue weighted by molar-refractivity contribution is 7.80. The molecule has 3 amide bonds. The summed E-state index contributed by atoms with van der Waals surface area (Å²) in [5.41, 5.74) is -1.23. The van der Waals surface area contributed by atoms with Crippen LogP contribution in [-0.4, -0.2) is 110 Å². The molecule has 2 saturated heterocycles. The number of carbonyl (C=O) groups is 4. The number of ether oxygens (including phenoxy) is 5. The lowest BCUT2D eigenvalue weighted by Crippen LogP contribution is -2.63. The van der Waals surface area contributed by atoms with Gasteiger partial charge >= 0.3 is 12.1 Å². The monoisotopic (exact) mass is 723 g/mol. The van der Waals surface area contributed by atoms with Crippen molar-refractivity contribution in [3.05, 3.63) is 40.9 Å². The number of benzene rings is 1. The molecular weight excluding hydrogens is 678 g/mol. The SMILES string of the molecule is COc1cc2cc(c1Cl)N(C)C(=O)CC(OC(=O)C(C)N(C)C(=O)CCS)C1(C)OC1C(C)C1CC(O)(NC(=O)O1)C(OC)/C=C/C=C2C. The molecule has 0 aromatic heterocycles. The number of nitrogens with zero attached hydrogens (tertiary/aromatic N) is 2. The molecule has 13 nitrogen and oxygen atoms in total. The molecule has 1 aromatic carbocycles. The number of amides is 3. The number of epoxide rings is 1. The van der Waals surface area contributed by atoms with Crippen molar-refractivity contribution in [2.24, 2.45) is 5.92 Å². The van der Waals surface area contributed by atoms with E-state index in [4.69, 9.17) is 35.3 Å². The smallest absolute Gasteiger partial charge is 0.409 e. The quantitative estimate of drug-likeness (QED) is 0.215. The molecule has 8 unspecified atom stereocenters. The van der Waals surface area contributed by atoms with E-state index in [1.807, 2.05) is 6.92 Å². The summed E-state index contributed by atoms with van der Waals surface area (Å²) in [6.45, 7) is 6.88. The van der Waals surface area contributed by atoms with Gasteiger partial charge < -0.3 is 38.6 Å². The van der Waals surface area contributed by atoms with Crippen LogP contribution in [0.3, 0.4) is 0 Å². The van der Waals surface area contributed by atoms with Crippen LogP contribution in [0.25, 0.3) is 5.57 Å². The summed E-state index contributed by atoms with van der Waals surface area (Å²) in [5, 5.41) is 14.4. The van der Waals surface area contributed by atoms with E-state index in [1.165, 1.54) is 38.0 Å². The number of fused-ring (bicyclic) bond motifs is 5. The Morgan fingerprint density at radius 1 is 1.29 bits per heavy atom. The summed E-state index contributed by atoms with van der Waals surface area (Å²) in [4.78, 5) is 55.5. The van der Waals surface area contributed by atoms with Gasteiger partial charge in [-0.2, -0.15) is 12.6 Å². The third-order valence-corrected chi connectivity index (χ3v) is 10.3. The Morgan fingerprint density at radius 2 is 1.98 bits per heavy atom. The second-order valence-electron chi connectivity index (χ2n) is 12.9. The number of hydrogen-bond donors (Lipinski definition) is 3. The molecule has 270 valence electrons. The molecule has 4 bridgehead atoms. The summed E-state index contributed by atoms with van der Waals surface area (Å²) in [7, 11) is 5.94. The van der Waals surface area contributed by atoms with Gasteiger partial charge in [0.2, 0.25) is 11.8 Å². The molecular formula is C34H46ClN3O10S. The number of thiol groups is 1. The van der Waals surface area contributed by atoms with Gasteiger partial charge in [-0.05, 0) is 49.8 Å². The number of esters is 1. The molecule has 15 heteroatoms. The van der Waals surface area contributed by atoms with Gasteiger partial charge in [-0.25, -0.2) is 9.59 Å². The van der Waals surface area contributed by atoms with Gasteiger partial charge in [-0.15, -0.1) is 0 Å². The Bertz CT molecular complexity index is 1520. The lowest BCUT2D eigenvalue weighted by atomic mass is 9.83. The van der Waals surface area contributed by atoms with Crippen LogP contribution in [0.5, 0.6) is 5.75 Å². The van der Waals surface area contributed by atoms with Crippen LogP contribution in [0.4, 0.5) is 10.5 Å². The van der Waals surface area contributed by atoms with Crippen LogP contribution in [0.2, 0.25) is 5.02 Å². The van der Waals surface area contributed by atoms with Crippen LogP contribution < -0.4 is 15.0 Å². The molecule has 1 aromatic rings. The van der Waals surface area contributed by atoms with Crippen molar-refractivity contribution >= 4 is 59.4 Å². The maximum Gasteiger partial charge on any atom is 0.409 e. The first-order chi connectivity index (χ1) is 23.0. The minimum atomic E-state index is -1.83. The zero-order valence-electron chi connectivity index (χ0n) is 29.0. The van der Waals surface area contributed by atoms with E-state index in [2.05, 4.69) is 17.9 Å². The van der Waals surface area contributed by atoms with Crippen molar-refractivity contribution in [1.29, 1.82) is 0 Å². The van der Waals surface area contributed by atoms with Crippen LogP contribution >= 0.6 is 24.2 Å². The maximum atomic E-state index is 14.0. The first kappa shape index (κ1) is 38.5. The Balaban J connectivity index is 1.80. The molecule has 3 aliphatic rings. The van der Waals surface area contributed by atoms with Crippen molar-refractivity contribution in [2.45, 2.75) is 88.7 Å². The van der Waals surface area contributed by atoms with E-state index in [0.29, 0.717) is 22.8 Å². The predicted octanol–water partition coefficient (Wildman–Crippen LogP) is 3.75. The number of carbonyl (C=O) groups excluding carboxylic acids is 4. The van der Waals surface area contributed by atoms with Crippen LogP contribution in [0, 0.1) is 5.92 Å². The number of nitrogens with one attached hydrogen (secondary N) is 1. The first-order valence-corrected chi connectivity index (χ1v) is 17.0. The molecule has 3 aliphatic heterocycles. The minimum absolute atomic E-state index is 0.0552. The Hall–Kier alpha value is -3.30. The van der Waals surface area contributed by atoms with Crippen molar-refractivity contribution in [1.82, 2.24) is 10.2 Å². The third kappa shape index (κ3) is 8.04. The van der Waals surface area contributed by atoms with Crippen LogP contribution in [0.1, 0.15) is 52.5 Å². The van der Waals surface area contributed by atoms with Gasteiger partial charge in [0.15, 0.2) is 5.72 Å². The normalized spacial score (nSPS) is 31.4. The van der Waals surface area contributed by atoms with Gasteiger partial charge in [-0.3, -0.25) is 14.9 Å². The van der Waals surface area contributed by atoms with E-state index in [0.717, 1.165) is 5.57 Å². The Morgan fingerprint density at radius 3 is 2.61 bits per heavy atom. The van der Waals surface area contributed by atoms with Gasteiger partial charge in [-0.1, -0.05) is 36.8 Å². The number of halogens is 1. The average molecular weight is 724 g/mol. The molecule has 49 heavy (non-hydrogen) atoms. The molecule has 4 rings (SSSR count). The molecule has 0 spiro atoms. The van der Waals surface area contributed by atoms with E-state index >= 15 is 0 Å². The van der Waals surface area contributed by atoms with Gasteiger partial charge in [0, 0.05) is 40.0 Å².